The van der Waals surface area contributed by atoms with E-state index in [-0.39, 0.29) is 0 Å². The molecule has 1 rings (SSSR count). The molecule has 0 spiro atoms. The van der Waals surface area contributed by atoms with E-state index in [4.69, 9.17) is 0 Å². The molecule has 0 bridgehead atoms. The van der Waals surface area contributed by atoms with Gasteiger partial charge in [-0.3, -0.25) is 0 Å². The van der Waals surface area contributed by atoms with Gasteiger partial charge >= 0.3 is 0 Å². The Morgan fingerprint density at radius 2 is 2.50 bits per heavy atom. The summed E-state index contributed by atoms with van der Waals surface area (Å²) < 4.78 is 1.31. The fourth-order valence-electron chi connectivity index (χ4n) is 1.08. The first-order valence-corrected chi connectivity index (χ1v) is 4.68. The lowest BCUT2D eigenvalue weighted by molar-refractivity contribution is 0.621. The highest BCUT2D eigenvalue weighted by molar-refractivity contribution is 14.1. The van der Waals surface area contributed by atoms with Crippen molar-refractivity contribution in [2.45, 2.75) is 19.3 Å². The highest BCUT2D eigenvalue weighted by Gasteiger charge is 2.06. The van der Waals surface area contributed by atoms with Crippen LogP contribution in [0.25, 0.3) is 0 Å². The topological polar surface area (TPSA) is 0 Å². The molecule has 0 N–H and O–H groups in total. The molecule has 0 aromatic rings. The molecule has 0 aliphatic heterocycles. The zero-order chi connectivity index (χ0) is 5.82. The molecular formula is C7H11I. The Kier molecular flexibility index (Phi) is 2.87. The van der Waals surface area contributed by atoms with Crippen LogP contribution in [-0.4, -0.2) is 4.43 Å². The minimum Gasteiger partial charge on any atom is -0.0882 e. The summed E-state index contributed by atoms with van der Waals surface area (Å²) in [6, 6.07) is 0. The lowest BCUT2D eigenvalue weighted by atomic mass is 10.1. The van der Waals surface area contributed by atoms with Crippen molar-refractivity contribution in [1.29, 1.82) is 0 Å². The van der Waals surface area contributed by atoms with Crippen molar-refractivity contribution in [2.75, 3.05) is 4.43 Å². The van der Waals surface area contributed by atoms with Crippen LogP contribution in [0.5, 0.6) is 0 Å². The monoisotopic (exact) mass is 222 g/mol. The van der Waals surface area contributed by atoms with Crippen LogP contribution in [0.1, 0.15) is 19.3 Å². The van der Waals surface area contributed by atoms with Crippen LogP contribution in [0, 0.1) is 5.92 Å². The van der Waals surface area contributed by atoms with E-state index in [0.717, 1.165) is 5.92 Å². The van der Waals surface area contributed by atoms with Crippen molar-refractivity contribution >= 4 is 22.6 Å². The second kappa shape index (κ2) is 3.49. The van der Waals surface area contributed by atoms with Gasteiger partial charge in [0.25, 0.3) is 0 Å². The zero-order valence-corrected chi connectivity index (χ0v) is 7.10. The maximum Gasteiger partial charge on any atom is 0.0000875 e. The highest BCUT2D eigenvalue weighted by atomic mass is 127. The molecule has 0 radical (unpaired) electrons. The van der Waals surface area contributed by atoms with Crippen molar-refractivity contribution in [3.8, 4) is 0 Å². The standard InChI is InChI=1S/C7H11I/c8-6-5-7-3-1-2-4-7/h1,3,7H,2,4-6H2. The van der Waals surface area contributed by atoms with Gasteiger partial charge in [0, 0.05) is 4.43 Å². The molecule has 0 amide bonds. The quantitative estimate of drug-likeness (QED) is 0.383. The molecule has 0 aromatic heterocycles. The van der Waals surface area contributed by atoms with E-state index in [1.807, 2.05) is 0 Å². The van der Waals surface area contributed by atoms with E-state index < -0.39 is 0 Å². The van der Waals surface area contributed by atoms with Crippen LogP contribution >= 0.6 is 22.6 Å². The van der Waals surface area contributed by atoms with E-state index in [1.165, 1.54) is 23.7 Å². The predicted octanol–water partition coefficient (Wildman–Crippen LogP) is 2.78. The van der Waals surface area contributed by atoms with Crippen molar-refractivity contribution < 1.29 is 0 Å². The van der Waals surface area contributed by atoms with Crippen LogP contribution in [0.2, 0.25) is 0 Å². The SMILES string of the molecule is ICCC1C=CCC1. The Balaban J connectivity index is 2.16. The largest absolute Gasteiger partial charge is 0.0882 e. The van der Waals surface area contributed by atoms with Gasteiger partial charge in [0.1, 0.15) is 0 Å². The van der Waals surface area contributed by atoms with Crippen molar-refractivity contribution in [3.05, 3.63) is 12.2 Å². The smallest absolute Gasteiger partial charge is 0.0000875 e. The number of hydrogen-bond donors (Lipinski definition) is 0. The van der Waals surface area contributed by atoms with E-state index >= 15 is 0 Å². The minimum absolute atomic E-state index is 0.923. The first-order chi connectivity index (χ1) is 3.93. The molecule has 0 fully saturated rings. The number of alkyl halides is 1. The third-order valence-electron chi connectivity index (χ3n) is 1.59. The van der Waals surface area contributed by atoms with Gasteiger partial charge in [-0.1, -0.05) is 34.7 Å². The van der Waals surface area contributed by atoms with Crippen LogP contribution in [0.3, 0.4) is 0 Å². The third kappa shape index (κ3) is 1.77. The van der Waals surface area contributed by atoms with Gasteiger partial charge in [0.15, 0.2) is 0 Å². The zero-order valence-electron chi connectivity index (χ0n) is 4.94. The Morgan fingerprint density at radius 1 is 1.62 bits per heavy atom. The first kappa shape index (κ1) is 6.59. The molecule has 8 heavy (non-hydrogen) atoms. The predicted molar refractivity (Wildman–Crippen MR) is 45.4 cm³/mol. The number of hydrogen-bond acceptors (Lipinski definition) is 0. The molecule has 1 unspecified atom stereocenters. The average Bonchev–Trinajstić information content (AvgIpc) is 2.19. The molecule has 1 atom stereocenters. The summed E-state index contributed by atoms with van der Waals surface area (Å²) in [6.07, 6.45) is 8.77. The molecule has 0 nitrogen and oxygen atoms in total. The van der Waals surface area contributed by atoms with Crippen LogP contribution in [-0.2, 0) is 0 Å². The molecule has 0 aromatic carbocycles. The van der Waals surface area contributed by atoms with Gasteiger partial charge in [-0.15, -0.1) is 0 Å². The summed E-state index contributed by atoms with van der Waals surface area (Å²) in [5.74, 6) is 0.923. The maximum atomic E-state index is 2.44. The Morgan fingerprint density at radius 3 is 3.00 bits per heavy atom. The third-order valence-corrected chi connectivity index (χ3v) is 2.22. The summed E-state index contributed by atoms with van der Waals surface area (Å²) in [5.41, 5.74) is 0. The summed E-state index contributed by atoms with van der Waals surface area (Å²) >= 11 is 2.44. The van der Waals surface area contributed by atoms with Crippen molar-refractivity contribution in [2.24, 2.45) is 5.92 Å². The van der Waals surface area contributed by atoms with Gasteiger partial charge in [0.05, 0.1) is 0 Å². The molecule has 46 valence electrons. The molecule has 1 heteroatoms. The van der Waals surface area contributed by atoms with Crippen molar-refractivity contribution in [1.82, 2.24) is 0 Å². The second-order valence-electron chi connectivity index (χ2n) is 2.24. The van der Waals surface area contributed by atoms with E-state index in [2.05, 4.69) is 34.7 Å². The lowest BCUT2D eigenvalue weighted by Crippen LogP contribution is -1.90. The number of rotatable bonds is 2. The molecule has 0 heterocycles. The second-order valence-corrected chi connectivity index (χ2v) is 3.32. The summed E-state index contributed by atoms with van der Waals surface area (Å²) in [6.45, 7) is 0. The fraction of sp³-hybridized carbons (Fsp3) is 0.714. The van der Waals surface area contributed by atoms with E-state index in [0.29, 0.717) is 0 Å². The van der Waals surface area contributed by atoms with Gasteiger partial charge in [-0.05, 0) is 25.2 Å². The van der Waals surface area contributed by atoms with Crippen LogP contribution in [0.15, 0.2) is 12.2 Å². The first-order valence-electron chi connectivity index (χ1n) is 3.16. The van der Waals surface area contributed by atoms with Gasteiger partial charge in [-0.25, -0.2) is 0 Å². The highest BCUT2D eigenvalue weighted by Crippen LogP contribution is 2.20. The summed E-state index contributed by atoms with van der Waals surface area (Å²) in [4.78, 5) is 0. The van der Waals surface area contributed by atoms with E-state index in [9.17, 15) is 0 Å². The molecule has 0 saturated heterocycles. The summed E-state index contributed by atoms with van der Waals surface area (Å²) in [7, 11) is 0. The van der Waals surface area contributed by atoms with Crippen LogP contribution in [0.4, 0.5) is 0 Å². The molecular weight excluding hydrogens is 211 g/mol. The van der Waals surface area contributed by atoms with Gasteiger partial charge < -0.3 is 0 Å². The lowest BCUT2D eigenvalue weighted by Gasteiger charge is -2.00. The van der Waals surface area contributed by atoms with Crippen molar-refractivity contribution in [3.63, 3.8) is 0 Å². The Labute approximate surface area is 64.5 Å². The van der Waals surface area contributed by atoms with E-state index in [1.54, 1.807) is 0 Å². The van der Waals surface area contributed by atoms with Gasteiger partial charge in [0.2, 0.25) is 0 Å². The Bertz CT molecular complexity index is 86.4. The average molecular weight is 222 g/mol. The molecule has 0 saturated carbocycles. The fourth-order valence-corrected chi connectivity index (χ4v) is 1.88. The maximum absolute atomic E-state index is 2.44. The normalized spacial score (nSPS) is 26.9. The van der Waals surface area contributed by atoms with Crippen LogP contribution < -0.4 is 0 Å². The molecule has 1 aliphatic carbocycles. The minimum atomic E-state index is 0.923. The summed E-state index contributed by atoms with van der Waals surface area (Å²) in [5, 5.41) is 0. The number of halogens is 1. The molecule has 1 aliphatic rings. The Hall–Kier alpha value is 0.470. The number of allylic oxidation sites excluding steroid dienone is 2. The van der Waals surface area contributed by atoms with Gasteiger partial charge in [-0.2, -0.15) is 0 Å².